The van der Waals surface area contributed by atoms with E-state index in [1.54, 1.807) is 6.07 Å². The Morgan fingerprint density at radius 3 is 3.00 bits per heavy atom. The van der Waals surface area contributed by atoms with Gasteiger partial charge in [-0.15, -0.1) is 0 Å². The van der Waals surface area contributed by atoms with Crippen LogP contribution in [0.4, 0.5) is 0 Å². The standard InChI is InChI=1S/C15H18N2O/c1-3-11-10-6-9(2)8-15(11,16)12-4-5-14(18)17-13(12)7-10/h3-6,10H,7-8,16H2,1-2H3,(H,17,18)/t10-,15+/m1/s1. The maximum Gasteiger partial charge on any atom is 0.248 e. The minimum atomic E-state index is -0.434. The number of rotatable bonds is 0. The van der Waals surface area contributed by atoms with Crippen LogP contribution in [-0.2, 0) is 12.0 Å². The molecule has 94 valence electrons. The van der Waals surface area contributed by atoms with Crippen LogP contribution in [0, 0.1) is 5.92 Å². The van der Waals surface area contributed by atoms with E-state index in [1.165, 1.54) is 11.1 Å². The van der Waals surface area contributed by atoms with Crippen LogP contribution in [-0.4, -0.2) is 4.98 Å². The maximum absolute atomic E-state index is 11.5. The largest absolute Gasteiger partial charge is 0.326 e. The van der Waals surface area contributed by atoms with Crippen LogP contribution >= 0.6 is 0 Å². The van der Waals surface area contributed by atoms with Crippen LogP contribution < -0.4 is 11.3 Å². The molecular formula is C15H18N2O. The van der Waals surface area contributed by atoms with Crippen molar-refractivity contribution in [1.82, 2.24) is 4.98 Å². The summed E-state index contributed by atoms with van der Waals surface area (Å²) in [5.41, 5.74) is 10.9. The number of hydrogen-bond acceptors (Lipinski definition) is 2. The lowest BCUT2D eigenvalue weighted by molar-refractivity contribution is 0.409. The predicted molar refractivity (Wildman–Crippen MR) is 72.3 cm³/mol. The molecule has 0 saturated carbocycles. The van der Waals surface area contributed by atoms with E-state index in [0.717, 1.165) is 24.1 Å². The van der Waals surface area contributed by atoms with Crippen molar-refractivity contribution in [3.05, 3.63) is 57.0 Å². The van der Waals surface area contributed by atoms with Gasteiger partial charge >= 0.3 is 0 Å². The summed E-state index contributed by atoms with van der Waals surface area (Å²) in [6.45, 7) is 4.19. The molecule has 18 heavy (non-hydrogen) atoms. The molecule has 0 amide bonds. The van der Waals surface area contributed by atoms with Crippen molar-refractivity contribution < 1.29 is 0 Å². The van der Waals surface area contributed by atoms with Gasteiger partial charge in [-0.3, -0.25) is 4.79 Å². The van der Waals surface area contributed by atoms with Gasteiger partial charge in [-0.1, -0.05) is 17.7 Å². The zero-order chi connectivity index (χ0) is 12.9. The van der Waals surface area contributed by atoms with Gasteiger partial charge in [0.05, 0.1) is 5.54 Å². The zero-order valence-electron chi connectivity index (χ0n) is 10.8. The topological polar surface area (TPSA) is 58.9 Å². The summed E-state index contributed by atoms with van der Waals surface area (Å²) in [6, 6.07) is 3.47. The molecule has 3 N–H and O–H groups in total. The third-order valence-corrected chi connectivity index (χ3v) is 4.17. The lowest BCUT2D eigenvalue weighted by Gasteiger charge is -2.45. The highest BCUT2D eigenvalue weighted by atomic mass is 16.1. The van der Waals surface area contributed by atoms with Crippen molar-refractivity contribution in [2.24, 2.45) is 11.7 Å². The summed E-state index contributed by atoms with van der Waals surface area (Å²) < 4.78 is 0. The van der Waals surface area contributed by atoms with Crippen LogP contribution in [0.5, 0.6) is 0 Å². The summed E-state index contributed by atoms with van der Waals surface area (Å²) in [4.78, 5) is 14.4. The molecule has 0 spiro atoms. The fourth-order valence-electron chi connectivity index (χ4n) is 3.57. The maximum atomic E-state index is 11.5. The summed E-state index contributed by atoms with van der Waals surface area (Å²) >= 11 is 0. The van der Waals surface area contributed by atoms with Crippen molar-refractivity contribution in [3.63, 3.8) is 0 Å². The first-order valence-electron chi connectivity index (χ1n) is 6.40. The Bertz CT molecular complexity index is 624. The molecule has 2 aliphatic rings. The second-order valence-electron chi connectivity index (χ2n) is 5.43. The molecule has 2 aliphatic carbocycles. The van der Waals surface area contributed by atoms with E-state index in [1.807, 2.05) is 6.07 Å². The van der Waals surface area contributed by atoms with E-state index in [-0.39, 0.29) is 5.56 Å². The smallest absolute Gasteiger partial charge is 0.248 e. The van der Waals surface area contributed by atoms with Crippen molar-refractivity contribution in [2.75, 3.05) is 0 Å². The number of aromatic nitrogens is 1. The normalized spacial score (nSPS) is 32.1. The highest BCUT2D eigenvalue weighted by Gasteiger charge is 2.43. The van der Waals surface area contributed by atoms with Crippen LogP contribution in [0.2, 0.25) is 0 Å². The monoisotopic (exact) mass is 242 g/mol. The quantitative estimate of drug-likeness (QED) is 0.684. The Morgan fingerprint density at radius 2 is 2.28 bits per heavy atom. The highest BCUT2D eigenvalue weighted by Crippen LogP contribution is 2.47. The Hall–Kier alpha value is -1.61. The molecule has 1 aromatic heterocycles. The van der Waals surface area contributed by atoms with Gasteiger partial charge in [0.2, 0.25) is 5.56 Å². The summed E-state index contributed by atoms with van der Waals surface area (Å²) in [7, 11) is 0. The molecular weight excluding hydrogens is 224 g/mol. The Morgan fingerprint density at radius 1 is 1.50 bits per heavy atom. The number of hydrogen-bond donors (Lipinski definition) is 2. The first kappa shape index (κ1) is 11.5. The molecule has 1 aromatic rings. The first-order valence-corrected chi connectivity index (χ1v) is 6.40. The van der Waals surface area contributed by atoms with Gasteiger partial charge in [0, 0.05) is 17.7 Å². The Balaban J connectivity index is 2.28. The highest BCUT2D eigenvalue weighted by molar-refractivity contribution is 5.48. The van der Waals surface area contributed by atoms with E-state index >= 15 is 0 Å². The van der Waals surface area contributed by atoms with Gasteiger partial charge in [-0.2, -0.15) is 0 Å². The lowest BCUT2D eigenvalue weighted by Crippen LogP contribution is -2.48. The van der Waals surface area contributed by atoms with Gasteiger partial charge in [-0.25, -0.2) is 0 Å². The van der Waals surface area contributed by atoms with Gasteiger partial charge in [0.25, 0.3) is 0 Å². The minimum absolute atomic E-state index is 0.0416. The number of aromatic amines is 1. The predicted octanol–water partition coefficient (Wildman–Crippen LogP) is 2.00. The molecule has 0 aromatic carbocycles. The molecule has 3 rings (SSSR count). The zero-order valence-corrected chi connectivity index (χ0v) is 10.8. The van der Waals surface area contributed by atoms with Gasteiger partial charge in [-0.05, 0) is 43.9 Å². The second-order valence-corrected chi connectivity index (χ2v) is 5.43. The van der Waals surface area contributed by atoms with Crippen LogP contribution in [0.15, 0.2) is 40.2 Å². The third-order valence-electron chi connectivity index (χ3n) is 4.17. The van der Waals surface area contributed by atoms with Crippen LogP contribution in [0.3, 0.4) is 0 Å². The second kappa shape index (κ2) is 3.69. The number of pyridine rings is 1. The van der Waals surface area contributed by atoms with E-state index in [4.69, 9.17) is 5.73 Å². The molecule has 3 heteroatoms. The first-order chi connectivity index (χ1) is 8.54. The van der Waals surface area contributed by atoms with Gasteiger partial charge in [0.15, 0.2) is 0 Å². The van der Waals surface area contributed by atoms with Crippen molar-refractivity contribution in [2.45, 2.75) is 32.2 Å². The molecule has 0 unspecified atom stereocenters. The third kappa shape index (κ3) is 1.44. The van der Waals surface area contributed by atoms with Gasteiger partial charge < -0.3 is 10.7 Å². The minimum Gasteiger partial charge on any atom is -0.326 e. The van der Waals surface area contributed by atoms with E-state index in [9.17, 15) is 4.79 Å². The van der Waals surface area contributed by atoms with E-state index < -0.39 is 5.54 Å². The summed E-state index contributed by atoms with van der Waals surface area (Å²) in [6.07, 6.45) is 6.11. The molecule has 0 saturated heterocycles. The van der Waals surface area contributed by atoms with Crippen molar-refractivity contribution >= 4 is 0 Å². The fourth-order valence-corrected chi connectivity index (χ4v) is 3.57. The van der Waals surface area contributed by atoms with E-state index in [2.05, 4.69) is 31.0 Å². The Kier molecular flexibility index (Phi) is 2.35. The number of allylic oxidation sites excluding steroid dienone is 2. The van der Waals surface area contributed by atoms with Crippen LogP contribution in [0.1, 0.15) is 31.5 Å². The number of fused-ring (bicyclic) bond motifs is 4. The average Bonchev–Trinajstić information content (AvgIpc) is 2.26. The number of H-pyrrole nitrogens is 1. The summed E-state index contributed by atoms with van der Waals surface area (Å²) in [5, 5.41) is 0. The van der Waals surface area contributed by atoms with Crippen molar-refractivity contribution in [3.8, 4) is 0 Å². The Labute approximate surface area is 106 Å². The molecule has 3 nitrogen and oxygen atoms in total. The molecule has 0 aliphatic heterocycles. The average molecular weight is 242 g/mol. The fraction of sp³-hybridized carbons (Fsp3) is 0.400. The van der Waals surface area contributed by atoms with Crippen molar-refractivity contribution in [1.29, 1.82) is 0 Å². The molecule has 2 atom stereocenters. The van der Waals surface area contributed by atoms with Crippen LogP contribution in [0.25, 0.3) is 0 Å². The number of nitrogens with two attached hydrogens (primary N) is 1. The molecule has 1 heterocycles. The van der Waals surface area contributed by atoms with E-state index in [0.29, 0.717) is 5.92 Å². The number of nitrogens with one attached hydrogen (secondary N) is 1. The SMILES string of the molecule is CC=C1[C@@H]2C=C(C)C[C@@]1(N)c1ccc(=O)[nH]c1C2. The van der Waals surface area contributed by atoms with Gasteiger partial charge in [0.1, 0.15) is 0 Å². The lowest BCUT2D eigenvalue weighted by atomic mass is 9.63. The summed E-state index contributed by atoms with van der Waals surface area (Å²) in [5.74, 6) is 0.333. The molecule has 0 fully saturated rings. The molecule has 2 bridgehead atoms. The molecule has 0 radical (unpaired) electrons.